The molecule has 3 aromatic heterocycles. The molecule has 9 heteroatoms. The first-order valence-electron chi connectivity index (χ1n) is 10.0. The number of hydrogen-bond donors (Lipinski definition) is 2. The molecule has 0 spiro atoms. The molecule has 1 atom stereocenters. The Morgan fingerprint density at radius 1 is 1.03 bits per heavy atom. The van der Waals surface area contributed by atoms with Crippen molar-refractivity contribution >= 4 is 16.7 Å². The summed E-state index contributed by atoms with van der Waals surface area (Å²) in [7, 11) is 0. The fraction of sp³-hybridized carbons (Fsp3) is 0.167. The Bertz CT molecular complexity index is 1460. The van der Waals surface area contributed by atoms with Gasteiger partial charge >= 0.3 is 6.18 Å². The number of nitrogens with zero attached hydrogens (tertiary/aromatic N) is 4. The quantitative estimate of drug-likeness (QED) is 0.430. The van der Waals surface area contributed by atoms with Crippen LogP contribution in [0, 0.1) is 11.8 Å². The molecule has 4 aromatic rings. The zero-order valence-corrected chi connectivity index (χ0v) is 17.1. The fourth-order valence-corrected chi connectivity index (χ4v) is 3.90. The summed E-state index contributed by atoms with van der Waals surface area (Å²) in [5.41, 5.74) is 5.54. The second-order valence-electron chi connectivity index (χ2n) is 7.69. The first-order chi connectivity index (χ1) is 15.7. The summed E-state index contributed by atoms with van der Waals surface area (Å²) in [5.74, 6) is 5.53. The molecule has 1 aromatic carbocycles. The highest BCUT2D eigenvalue weighted by molar-refractivity contribution is 5.90. The minimum Gasteiger partial charge on any atom is -0.382 e. The zero-order valence-electron chi connectivity index (χ0n) is 17.1. The number of alkyl halides is 3. The van der Waals surface area contributed by atoms with Crippen LogP contribution in [0.5, 0.6) is 0 Å². The second kappa shape index (κ2) is 7.53. The topological polar surface area (TPSA) is 97.8 Å². The minimum absolute atomic E-state index is 0.0748. The van der Waals surface area contributed by atoms with E-state index in [4.69, 9.17) is 5.73 Å². The summed E-state index contributed by atoms with van der Waals surface area (Å²) in [6.45, 7) is 0. The lowest BCUT2D eigenvalue weighted by atomic mass is 10.0. The van der Waals surface area contributed by atoms with Gasteiger partial charge in [-0.25, -0.2) is 15.0 Å². The van der Waals surface area contributed by atoms with Crippen molar-refractivity contribution in [3.8, 4) is 23.2 Å². The van der Waals surface area contributed by atoms with Crippen LogP contribution in [-0.2, 0) is 18.2 Å². The molecule has 0 saturated carbocycles. The molecule has 164 valence electrons. The van der Waals surface area contributed by atoms with E-state index in [0.29, 0.717) is 29.7 Å². The van der Waals surface area contributed by atoms with Crippen LogP contribution in [0.15, 0.2) is 54.9 Å². The van der Waals surface area contributed by atoms with E-state index >= 15 is 0 Å². The van der Waals surface area contributed by atoms with Gasteiger partial charge in [-0.2, -0.15) is 13.2 Å². The van der Waals surface area contributed by atoms with Crippen molar-refractivity contribution in [3.63, 3.8) is 0 Å². The standard InChI is InChI=1S/C24H16F3N5O/c25-24(26,27)20-17-8-12-30-21(28)18(17)31-22(32-20)16-4-1-3-14(13-16)6-9-23(33)10-7-15-5-2-11-29-19(15)23/h1-5,8,11-13,33H,7,10H2,(H2,28,30)/t23-/m1/s1. The average Bonchev–Trinajstić information content (AvgIpc) is 3.14. The summed E-state index contributed by atoms with van der Waals surface area (Å²) in [5, 5.41) is 10.7. The number of nitrogens with two attached hydrogens (primary N) is 1. The third kappa shape index (κ3) is 3.75. The van der Waals surface area contributed by atoms with Gasteiger partial charge in [-0.3, -0.25) is 4.98 Å². The molecule has 0 radical (unpaired) electrons. The predicted octanol–water partition coefficient (Wildman–Crippen LogP) is 3.87. The van der Waals surface area contributed by atoms with Crippen LogP contribution in [0.25, 0.3) is 22.3 Å². The first kappa shape index (κ1) is 20.8. The Morgan fingerprint density at radius 2 is 1.88 bits per heavy atom. The lowest BCUT2D eigenvalue weighted by molar-refractivity contribution is -0.139. The van der Waals surface area contributed by atoms with Crippen molar-refractivity contribution < 1.29 is 18.3 Å². The fourth-order valence-electron chi connectivity index (χ4n) is 3.90. The van der Waals surface area contributed by atoms with E-state index in [9.17, 15) is 18.3 Å². The number of benzene rings is 1. The van der Waals surface area contributed by atoms with Gasteiger partial charge in [-0.05, 0) is 42.7 Å². The third-order valence-electron chi connectivity index (χ3n) is 5.49. The summed E-state index contributed by atoms with van der Waals surface area (Å²) in [6, 6.07) is 11.4. The Hall–Kier alpha value is -4.03. The molecular weight excluding hydrogens is 431 g/mol. The number of halogens is 3. The van der Waals surface area contributed by atoms with E-state index < -0.39 is 17.5 Å². The number of hydrogen-bond acceptors (Lipinski definition) is 6. The first-order valence-corrected chi connectivity index (χ1v) is 10.0. The summed E-state index contributed by atoms with van der Waals surface area (Å²) >= 11 is 0. The molecule has 1 aliphatic rings. The molecule has 3 N–H and O–H groups in total. The highest BCUT2D eigenvalue weighted by Crippen LogP contribution is 2.36. The predicted molar refractivity (Wildman–Crippen MR) is 116 cm³/mol. The van der Waals surface area contributed by atoms with Gasteiger partial charge in [0.1, 0.15) is 11.3 Å². The second-order valence-corrected chi connectivity index (χ2v) is 7.69. The van der Waals surface area contributed by atoms with Crippen molar-refractivity contribution in [3.05, 3.63) is 77.4 Å². The Kier molecular flexibility index (Phi) is 4.76. The molecule has 0 bridgehead atoms. The van der Waals surface area contributed by atoms with Crippen LogP contribution in [0.2, 0.25) is 0 Å². The number of aliphatic hydroxyl groups is 1. The van der Waals surface area contributed by atoms with Gasteiger partial charge in [0.2, 0.25) is 0 Å². The molecule has 3 heterocycles. The lowest BCUT2D eigenvalue weighted by Crippen LogP contribution is -2.20. The van der Waals surface area contributed by atoms with Gasteiger partial charge in [-0.15, -0.1) is 0 Å². The van der Waals surface area contributed by atoms with Gasteiger partial charge in [0, 0.05) is 28.9 Å². The van der Waals surface area contributed by atoms with Crippen LogP contribution in [0.4, 0.5) is 19.0 Å². The van der Waals surface area contributed by atoms with Gasteiger partial charge in [0.15, 0.2) is 17.1 Å². The number of nitrogen functional groups attached to an aromatic ring is 1. The molecule has 6 nitrogen and oxygen atoms in total. The molecule has 0 saturated heterocycles. The van der Waals surface area contributed by atoms with E-state index in [0.717, 1.165) is 5.56 Å². The molecule has 5 rings (SSSR count). The molecule has 0 amide bonds. The van der Waals surface area contributed by atoms with Crippen LogP contribution >= 0.6 is 0 Å². The Balaban J connectivity index is 1.58. The summed E-state index contributed by atoms with van der Waals surface area (Å²) in [4.78, 5) is 16.1. The van der Waals surface area contributed by atoms with Gasteiger partial charge in [0.05, 0.1) is 5.69 Å². The van der Waals surface area contributed by atoms with E-state index in [1.807, 2.05) is 12.1 Å². The third-order valence-corrected chi connectivity index (χ3v) is 5.49. The van der Waals surface area contributed by atoms with Crippen molar-refractivity contribution in [1.82, 2.24) is 19.9 Å². The van der Waals surface area contributed by atoms with Crippen molar-refractivity contribution in [1.29, 1.82) is 0 Å². The van der Waals surface area contributed by atoms with Gasteiger partial charge < -0.3 is 10.8 Å². The number of aryl methyl sites for hydroxylation is 1. The van der Waals surface area contributed by atoms with E-state index in [1.165, 1.54) is 12.3 Å². The Labute approximate surface area is 186 Å². The number of pyridine rings is 2. The van der Waals surface area contributed by atoms with Crippen molar-refractivity contribution in [2.24, 2.45) is 0 Å². The maximum atomic E-state index is 13.7. The molecule has 0 fully saturated rings. The van der Waals surface area contributed by atoms with Gasteiger partial charge in [0.25, 0.3) is 0 Å². The number of anilines is 1. The number of fused-ring (bicyclic) bond motifs is 2. The molecule has 0 aliphatic heterocycles. The monoisotopic (exact) mass is 447 g/mol. The zero-order chi connectivity index (χ0) is 23.2. The Morgan fingerprint density at radius 3 is 2.70 bits per heavy atom. The molecule has 33 heavy (non-hydrogen) atoms. The van der Waals surface area contributed by atoms with Crippen LogP contribution in [0.3, 0.4) is 0 Å². The summed E-state index contributed by atoms with van der Waals surface area (Å²) in [6.07, 6.45) is -0.830. The molecule has 0 unspecified atom stereocenters. The van der Waals surface area contributed by atoms with Crippen LogP contribution < -0.4 is 5.73 Å². The minimum atomic E-state index is -4.70. The largest absolute Gasteiger partial charge is 0.434 e. The SMILES string of the molecule is Nc1nccc2c(C(F)(F)F)nc(-c3cccc(C#C[C@@]4(O)CCc5cccnc54)c3)nc12. The highest BCUT2D eigenvalue weighted by atomic mass is 19.4. The maximum absolute atomic E-state index is 13.7. The normalized spacial score (nSPS) is 17.5. The van der Waals surface area contributed by atoms with Gasteiger partial charge in [-0.1, -0.05) is 30.0 Å². The van der Waals surface area contributed by atoms with Crippen molar-refractivity contribution in [2.45, 2.75) is 24.6 Å². The van der Waals surface area contributed by atoms with Crippen molar-refractivity contribution in [2.75, 3.05) is 5.73 Å². The molecule has 1 aliphatic carbocycles. The smallest absolute Gasteiger partial charge is 0.382 e. The highest BCUT2D eigenvalue weighted by Gasteiger charge is 2.37. The van der Waals surface area contributed by atoms with Crippen LogP contribution in [-0.4, -0.2) is 25.0 Å². The maximum Gasteiger partial charge on any atom is 0.434 e. The van der Waals surface area contributed by atoms with E-state index in [-0.39, 0.29) is 22.5 Å². The van der Waals surface area contributed by atoms with E-state index in [1.54, 1.807) is 30.5 Å². The lowest BCUT2D eigenvalue weighted by Gasteiger charge is -2.15. The van der Waals surface area contributed by atoms with Crippen LogP contribution in [0.1, 0.15) is 28.9 Å². The van der Waals surface area contributed by atoms with E-state index in [2.05, 4.69) is 31.8 Å². The average molecular weight is 447 g/mol. The number of aromatic nitrogens is 4. The molecular formula is C24H16F3N5O. The summed E-state index contributed by atoms with van der Waals surface area (Å²) < 4.78 is 41.0. The number of rotatable bonds is 1.